The molecule has 148 valence electrons. The predicted molar refractivity (Wildman–Crippen MR) is 103 cm³/mol. The summed E-state index contributed by atoms with van der Waals surface area (Å²) in [7, 11) is 3.01. The number of hydrogen-bond donors (Lipinski definition) is 0. The maximum Gasteiger partial charge on any atom is 0.320 e. The molecule has 0 N–H and O–H groups in total. The van der Waals surface area contributed by atoms with Gasteiger partial charge in [-0.05, 0) is 31.4 Å². The van der Waals surface area contributed by atoms with Crippen LogP contribution in [0.25, 0.3) is 0 Å². The number of ether oxygens (including phenoxy) is 2. The molecule has 1 aromatic rings. The minimum atomic E-state index is -0.122. The summed E-state index contributed by atoms with van der Waals surface area (Å²) in [5.74, 6) is 0.711. The molecule has 2 saturated heterocycles. The van der Waals surface area contributed by atoms with Crippen molar-refractivity contribution in [1.29, 1.82) is 0 Å². The Bertz CT molecular complexity index is 698. The number of piperidine rings is 1. The lowest BCUT2D eigenvalue weighted by Gasteiger charge is -2.38. The predicted octanol–water partition coefficient (Wildman–Crippen LogP) is 2.72. The van der Waals surface area contributed by atoms with Gasteiger partial charge in [0, 0.05) is 44.8 Å². The maximum absolute atomic E-state index is 12.9. The van der Waals surface area contributed by atoms with E-state index in [1.165, 1.54) is 20.6 Å². The van der Waals surface area contributed by atoms with Gasteiger partial charge in [0.1, 0.15) is 0 Å². The van der Waals surface area contributed by atoms with E-state index in [4.69, 9.17) is 21.1 Å². The van der Waals surface area contributed by atoms with Gasteiger partial charge >= 0.3 is 6.03 Å². The molecule has 0 unspecified atom stereocenters. The van der Waals surface area contributed by atoms with E-state index in [1.807, 2.05) is 9.80 Å². The van der Waals surface area contributed by atoms with Crippen molar-refractivity contribution in [2.75, 3.05) is 53.5 Å². The molecule has 0 saturated carbocycles. The number of likely N-dealkylation sites (tertiary alicyclic amines) is 1. The Balaban J connectivity index is 1.63. The van der Waals surface area contributed by atoms with Crippen molar-refractivity contribution in [3.8, 4) is 11.5 Å². The van der Waals surface area contributed by atoms with E-state index in [0.717, 1.165) is 25.9 Å². The lowest BCUT2D eigenvalue weighted by Crippen LogP contribution is -2.54. The molecule has 0 spiro atoms. The Labute approximate surface area is 164 Å². The Morgan fingerprint density at radius 2 is 1.44 bits per heavy atom. The standard InChI is InChI=1S/C19H26ClN3O4/c1-26-16-13-14(12-15(20)17(16)27-2)18(24)21-8-10-23(11-9-21)19(25)22-6-4-3-5-7-22/h12-13H,3-11H2,1-2H3. The average molecular weight is 396 g/mol. The van der Waals surface area contributed by atoms with Crippen LogP contribution in [0.5, 0.6) is 11.5 Å². The zero-order valence-corrected chi connectivity index (χ0v) is 16.6. The molecule has 2 heterocycles. The quantitative estimate of drug-likeness (QED) is 0.789. The summed E-state index contributed by atoms with van der Waals surface area (Å²) in [6.45, 7) is 3.77. The van der Waals surface area contributed by atoms with E-state index in [2.05, 4.69) is 0 Å². The molecule has 0 aromatic heterocycles. The van der Waals surface area contributed by atoms with Crippen LogP contribution in [0.2, 0.25) is 5.02 Å². The van der Waals surface area contributed by atoms with Crippen LogP contribution in [0.1, 0.15) is 29.6 Å². The molecule has 0 bridgehead atoms. The number of piperazine rings is 1. The Kier molecular flexibility index (Phi) is 6.31. The fourth-order valence-corrected chi connectivity index (χ4v) is 3.90. The highest BCUT2D eigenvalue weighted by molar-refractivity contribution is 6.32. The number of halogens is 1. The van der Waals surface area contributed by atoms with Crippen LogP contribution < -0.4 is 9.47 Å². The van der Waals surface area contributed by atoms with Crippen LogP contribution in [0.15, 0.2) is 12.1 Å². The van der Waals surface area contributed by atoms with Crippen molar-refractivity contribution in [2.45, 2.75) is 19.3 Å². The number of rotatable bonds is 3. The maximum atomic E-state index is 12.9. The van der Waals surface area contributed by atoms with Gasteiger partial charge in [-0.25, -0.2) is 4.79 Å². The molecule has 8 heteroatoms. The second-order valence-electron chi connectivity index (χ2n) is 6.80. The number of methoxy groups -OCH3 is 2. The third kappa shape index (κ3) is 4.24. The monoisotopic (exact) mass is 395 g/mol. The van der Waals surface area contributed by atoms with Crippen molar-refractivity contribution in [3.63, 3.8) is 0 Å². The molecule has 2 aliphatic rings. The third-order valence-electron chi connectivity index (χ3n) is 5.14. The van der Waals surface area contributed by atoms with Gasteiger partial charge < -0.3 is 24.2 Å². The number of nitrogens with zero attached hydrogens (tertiary/aromatic N) is 3. The van der Waals surface area contributed by atoms with Crippen LogP contribution in [0, 0.1) is 0 Å². The van der Waals surface area contributed by atoms with Gasteiger partial charge in [0.25, 0.3) is 5.91 Å². The summed E-state index contributed by atoms with van der Waals surface area (Å²) < 4.78 is 10.5. The van der Waals surface area contributed by atoms with Crippen LogP contribution in [0.3, 0.4) is 0 Å². The number of hydrogen-bond acceptors (Lipinski definition) is 4. The van der Waals surface area contributed by atoms with E-state index in [1.54, 1.807) is 17.0 Å². The lowest BCUT2D eigenvalue weighted by atomic mass is 10.1. The zero-order chi connectivity index (χ0) is 19.4. The zero-order valence-electron chi connectivity index (χ0n) is 15.9. The van der Waals surface area contributed by atoms with Gasteiger partial charge in [-0.2, -0.15) is 0 Å². The topological polar surface area (TPSA) is 62.3 Å². The number of benzene rings is 1. The van der Waals surface area contributed by atoms with Crippen LogP contribution in [-0.4, -0.2) is 80.1 Å². The number of amides is 3. The summed E-state index contributed by atoms with van der Waals surface area (Å²) in [5, 5.41) is 0.333. The smallest absolute Gasteiger partial charge is 0.320 e. The molecule has 0 radical (unpaired) electrons. The Morgan fingerprint density at radius 1 is 0.852 bits per heavy atom. The molecule has 2 aliphatic heterocycles. The molecule has 7 nitrogen and oxygen atoms in total. The van der Waals surface area contributed by atoms with E-state index in [9.17, 15) is 9.59 Å². The van der Waals surface area contributed by atoms with Crippen molar-refractivity contribution in [3.05, 3.63) is 22.7 Å². The minimum Gasteiger partial charge on any atom is -0.493 e. The largest absolute Gasteiger partial charge is 0.493 e. The SMILES string of the molecule is COc1cc(C(=O)N2CCN(C(=O)N3CCCCC3)CC2)cc(Cl)c1OC. The number of urea groups is 1. The normalized spacial score (nSPS) is 17.7. The number of carbonyl (C=O) groups is 2. The van der Waals surface area contributed by atoms with Crippen molar-refractivity contribution in [1.82, 2.24) is 14.7 Å². The molecular weight excluding hydrogens is 370 g/mol. The summed E-state index contributed by atoms with van der Waals surface area (Å²) in [4.78, 5) is 31.0. The minimum absolute atomic E-state index is 0.0935. The highest BCUT2D eigenvalue weighted by atomic mass is 35.5. The summed E-state index contributed by atoms with van der Waals surface area (Å²) in [6.07, 6.45) is 3.34. The first-order chi connectivity index (χ1) is 13.0. The highest BCUT2D eigenvalue weighted by Crippen LogP contribution is 2.36. The lowest BCUT2D eigenvalue weighted by molar-refractivity contribution is 0.0632. The van der Waals surface area contributed by atoms with Crippen molar-refractivity contribution in [2.24, 2.45) is 0 Å². The summed E-state index contributed by atoms with van der Waals surface area (Å²) in [6, 6.07) is 3.32. The second kappa shape index (κ2) is 8.69. The fraction of sp³-hybridized carbons (Fsp3) is 0.579. The van der Waals surface area contributed by atoms with Crippen molar-refractivity contribution < 1.29 is 19.1 Å². The van der Waals surface area contributed by atoms with E-state index < -0.39 is 0 Å². The van der Waals surface area contributed by atoms with Gasteiger partial charge in [0.05, 0.1) is 19.2 Å². The molecule has 27 heavy (non-hydrogen) atoms. The van der Waals surface area contributed by atoms with Crippen LogP contribution in [0.4, 0.5) is 4.79 Å². The second-order valence-corrected chi connectivity index (χ2v) is 7.21. The van der Waals surface area contributed by atoms with Crippen molar-refractivity contribution >= 4 is 23.5 Å². The average Bonchev–Trinajstić information content (AvgIpc) is 2.72. The Morgan fingerprint density at radius 3 is 2.04 bits per heavy atom. The molecule has 1 aromatic carbocycles. The highest BCUT2D eigenvalue weighted by Gasteiger charge is 2.29. The molecule has 0 aliphatic carbocycles. The first-order valence-electron chi connectivity index (χ1n) is 9.29. The Hall–Kier alpha value is -2.15. The van der Waals surface area contributed by atoms with Gasteiger partial charge in [0.2, 0.25) is 0 Å². The first-order valence-corrected chi connectivity index (χ1v) is 9.67. The molecular formula is C19H26ClN3O4. The van der Waals surface area contributed by atoms with Crippen LogP contribution in [-0.2, 0) is 0 Å². The van der Waals surface area contributed by atoms with Crippen LogP contribution >= 0.6 is 11.6 Å². The van der Waals surface area contributed by atoms with E-state index in [0.29, 0.717) is 48.3 Å². The first kappa shape index (κ1) is 19.6. The number of carbonyl (C=O) groups excluding carboxylic acids is 2. The van der Waals surface area contributed by atoms with Gasteiger partial charge in [0.15, 0.2) is 11.5 Å². The molecule has 3 rings (SSSR count). The summed E-state index contributed by atoms with van der Waals surface area (Å²) in [5.41, 5.74) is 0.452. The van der Waals surface area contributed by atoms with Gasteiger partial charge in [-0.15, -0.1) is 0 Å². The van der Waals surface area contributed by atoms with E-state index >= 15 is 0 Å². The fourth-order valence-electron chi connectivity index (χ4n) is 3.61. The molecule has 2 fully saturated rings. The van der Waals surface area contributed by atoms with E-state index in [-0.39, 0.29) is 11.9 Å². The van der Waals surface area contributed by atoms with Gasteiger partial charge in [-0.3, -0.25) is 4.79 Å². The summed E-state index contributed by atoms with van der Waals surface area (Å²) >= 11 is 6.21. The molecule has 0 atom stereocenters. The third-order valence-corrected chi connectivity index (χ3v) is 5.43. The van der Waals surface area contributed by atoms with Gasteiger partial charge in [-0.1, -0.05) is 11.6 Å². The molecule has 3 amide bonds.